The molecular weight excluding hydrogens is 308 g/mol. The molecule has 7 nitrogen and oxygen atoms in total. The number of hydrogen-bond donors (Lipinski definition) is 5. The number of carbonyl (C=O) groups excluding carboxylic acids is 1. The first kappa shape index (κ1) is 16.8. The van der Waals surface area contributed by atoms with Gasteiger partial charge in [0.2, 0.25) is 5.91 Å². The molecule has 2 aromatic rings. The molecule has 0 radical (unpaired) electrons. The van der Waals surface area contributed by atoms with Crippen LogP contribution in [0.3, 0.4) is 0 Å². The molecule has 6 N–H and O–H groups in total. The molecule has 1 aromatic heterocycles. The second-order valence-corrected chi connectivity index (χ2v) is 4.76. The quantitative estimate of drug-likeness (QED) is 0.249. The number of rotatable bonds is 5. The molecule has 0 aliphatic carbocycles. The van der Waals surface area contributed by atoms with Crippen LogP contribution in [-0.4, -0.2) is 27.3 Å². The molecule has 0 bridgehead atoms. The third-order valence-corrected chi connectivity index (χ3v) is 3.16. The SMILES string of the molecule is N=C/C(=C\N)c1ccncc1/C=C/C(=O)Nc1ccc(O)c(O)c1. The molecule has 7 heteroatoms. The van der Waals surface area contributed by atoms with Crippen LogP contribution in [0.15, 0.2) is 48.9 Å². The first-order chi connectivity index (χ1) is 11.5. The van der Waals surface area contributed by atoms with Crippen LogP contribution in [0, 0.1) is 5.41 Å². The van der Waals surface area contributed by atoms with Crippen molar-refractivity contribution in [1.29, 1.82) is 5.41 Å². The Morgan fingerprint density at radius 3 is 2.71 bits per heavy atom. The summed E-state index contributed by atoms with van der Waals surface area (Å²) in [6.07, 6.45) is 8.38. The Labute approximate surface area is 138 Å². The van der Waals surface area contributed by atoms with Gasteiger partial charge < -0.3 is 26.7 Å². The monoisotopic (exact) mass is 324 g/mol. The zero-order valence-corrected chi connectivity index (χ0v) is 12.6. The molecular formula is C17H16N4O3. The number of phenols is 2. The zero-order valence-electron chi connectivity index (χ0n) is 12.6. The lowest BCUT2D eigenvalue weighted by atomic mass is 10.0. The molecule has 0 spiro atoms. The second kappa shape index (κ2) is 7.59. The molecule has 0 saturated heterocycles. The lowest BCUT2D eigenvalue weighted by molar-refractivity contribution is -0.111. The number of amides is 1. The normalized spacial score (nSPS) is 11.4. The number of allylic oxidation sites excluding steroid dienone is 1. The van der Waals surface area contributed by atoms with Crippen molar-refractivity contribution >= 4 is 29.5 Å². The summed E-state index contributed by atoms with van der Waals surface area (Å²) >= 11 is 0. The van der Waals surface area contributed by atoms with Crippen LogP contribution in [0.5, 0.6) is 11.5 Å². The van der Waals surface area contributed by atoms with Gasteiger partial charge >= 0.3 is 0 Å². The summed E-state index contributed by atoms with van der Waals surface area (Å²) in [6.45, 7) is 0. The van der Waals surface area contributed by atoms with E-state index in [1.165, 1.54) is 30.5 Å². The Morgan fingerprint density at radius 1 is 1.25 bits per heavy atom. The van der Waals surface area contributed by atoms with E-state index in [4.69, 9.17) is 11.1 Å². The van der Waals surface area contributed by atoms with Crippen LogP contribution in [0.1, 0.15) is 11.1 Å². The van der Waals surface area contributed by atoms with Gasteiger partial charge in [-0.05, 0) is 29.8 Å². The van der Waals surface area contributed by atoms with Crippen LogP contribution < -0.4 is 11.1 Å². The predicted molar refractivity (Wildman–Crippen MR) is 92.6 cm³/mol. The molecule has 0 aliphatic heterocycles. The maximum atomic E-state index is 12.0. The minimum absolute atomic E-state index is 0.267. The number of aromatic nitrogens is 1. The van der Waals surface area contributed by atoms with Crippen molar-refractivity contribution in [2.75, 3.05) is 5.32 Å². The number of pyridine rings is 1. The summed E-state index contributed by atoms with van der Waals surface area (Å²) in [4.78, 5) is 15.9. The van der Waals surface area contributed by atoms with Gasteiger partial charge in [0.05, 0.1) is 0 Å². The van der Waals surface area contributed by atoms with Crippen molar-refractivity contribution < 1.29 is 15.0 Å². The van der Waals surface area contributed by atoms with Gasteiger partial charge in [0.1, 0.15) is 0 Å². The van der Waals surface area contributed by atoms with Gasteiger partial charge in [-0.2, -0.15) is 0 Å². The molecule has 2 rings (SSSR count). The van der Waals surface area contributed by atoms with Gasteiger partial charge in [0.25, 0.3) is 0 Å². The summed E-state index contributed by atoms with van der Waals surface area (Å²) in [7, 11) is 0. The van der Waals surface area contributed by atoms with Crippen molar-refractivity contribution in [2.45, 2.75) is 0 Å². The minimum atomic E-state index is -0.428. The number of benzene rings is 1. The number of nitrogens with one attached hydrogen (secondary N) is 2. The molecule has 1 heterocycles. The number of nitrogens with zero attached hydrogens (tertiary/aromatic N) is 1. The summed E-state index contributed by atoms with van der Waals surface area (Å²) in [5.74, 6) is -1.02. The van der Waals surface area contributed by atoms with Crippen LogP contribution in [0.4, 0.5) is 5.69 Å². The van der Waals surface area contributed by atoms with E-state index < -0.39 is 5.91 Å². The van der Waals surface area contributed by atoms with Crippen molar-refractivity contribution in [3.8, 4) is 11.5 Å². The van der Waals surface area contributed by atoms with Gasteiger partial charge in [-0.1, -0.05) is 0 Å². The highest BCUT2D eigenvalue weighted by Gasteiger charge is 2.05. The predicted octanol–water partition coefficient (Wildman–Crippen LogP) is 2.09. The summed E-state index contributed by atoms with van der Waals surface area (Å²) in [5, 5.41) is 28.6. The smallest absolute Gasteiger partial charge is 0.248 e. The largest absolute Gasteiger partial charge is 0.504 e. The topological polar surface area (TPSA) is 132 Å². The number of nitrogens with two attached hydrogens (primary N) is 1. The molecule has 1 amide bonds. The third kappa shape index (κ3) is 3.98. The third-order valence-electron chi connectivity index (χ3n) is 3.16. The van der Waals surface area contributed by atoms with E-state index in [0.717, 1.165) is 6.21 Å². The van der Waals surface area contributed by atoms with Crippen LogP contribution in [0.2, 0.25) is 0 Å². The van der Waals surface area contributed by atoms with E-state index >= 15 is 0 Å². The maximum absolute atomic E-state index is 12.0. The Hall–Kier alpha value is -3.61. The molecule has 1 aromatic carbocycles. The average molecular weight is 324 g/mol. The highest BCUT2D eigenvalue weighted by Crippen LogP contribution is 2.27. The standard InChI is InChI=1S/C17H16N4O3/c18-8-12(9-19)14-5-6-20-10-11(14)1-4-17(24)21-13-2-3-15(22)16(23)7-13/h1-10,18,22-23H,19H2,(H,21,24)/b4-1+,12-9+,18-8?. The first-order valence-electron chi connectivity index (χ1n) is 6.93. The first-order valence-corrected chi connectivity index (χ1v) is 6.93. The summed E-state index contributed by atoms with van der Waals surface area (Å²) in [6, 6.07) is 5.66. The number of anilines is 1. The summed E-state index contributed by atoms with van der Waals surface area (Å²) < 4.78 is 0. The lowest BCUT2D eigenvalue weighted by Gasteiger charge is -2.06. The van der Waals surface area contributed by atoms with Crippen molar-refractivity contribution in [1.82, 2.24) is 4.98 Å². The van der Waals surface area contributed by atoms with E-state index in [1.807, 2.05) is 0 Å². The Kier molecular flexibility index (Phi) is 5.30. The number of phenolic OH excluding ortho intramolecular Hbond substituents is 2. The van der Waals surface area contributed by atoms with E-state index in [1.54, 1.807) is 24.5 Å². The molecule has 0 unspecified atom stereocenters. The van der Waals surface area contributed by atoms with E-state index in [2.05, 4.69) is 10.3 Å². The maximum Gasteiger partial charge on any atom is 0.248 e. The number of aromatic hydroxyl groups is 2. The highest BCUT2D eigenvalue weighted by atomic mass is 16.3. The van der Waals surface area contributed by atoms with Gasteiger partial charge in [-0.3, -0.25) is 9.78 Å². The minimum Gasteiger partial charge on any atom is -0.504 e. The molecule has 0 fully saturated rings. The molecule has 0 saturated carbocycles. The van der Waals surface area contributed by atoms with E-state index in [-0.39, 0.29) is 11.5 Å². The molecule has 0 aliphatic rings. The van der Waals surface area contributed by atoms with Crippen molar-refractivity contribution in [3.63, 3.8) is 0 Å². The molecule has 122 valence electrons. The lowest BCUT2D eigenvalue weighted by Crippen LogP contribution is -2.07. The van der Waals surface area contributed by atoms with Gasteiger partial charge in [-0.15, -0.1) is 0 Å². The van der Waals surface area contributed by atoms with Crippen LogP contribution in [-0.2, 0) is 4.79 Å². The van der Waals surface area contributed by atoms with Gasteiger partial charge in [-0.25, -0.2) is 0 Å². The Balaban J connectivity index is 2.17. The number of carbonyl (C=O) groups is 1. The highest BCUT2D eigenvalue weighted by molar-refractivity contribution is 6.10. The average Bonchev–Trinajstić information content (AvgIpc) is 2.58. The van der Waals surface area contributed by atoms with E-state index in [0.29, 0.717) is 22.4 Å². The van der Waals surface area contributed by atoms with Crippen LogP contribution in [0.25, 0.3) is 11.6 Å². The van der Waals surface area contributed by atoms with Crippen molar-refractivity contribution in [3.05, 3.63) is 60.1 Å². The number of hydrogen-bond acceptors (Lipinski definition) is 6. The van der Waals surface area contributed by atoms with Crippen LogP contribution >= 0.6 is 0 Å². The fourth-order valence-electron chi connectivity index (χ4n) is 1.97. The fourth-order valence-corrected chi connectivity index (χ4v) is 1.97. The molecule has 24 heavy (non-hydrogen) atoms. The van der Waals surface area contributed by atoms with E-state index in [9.17, 15) is 15.0 Å². The van der Waals surface area contributed by atoms with Gasteiger partial charge in [0, 0.05) is 53.8 Å². The van der Waals surface area contributed by atoms with Crippen molar-refractivity contribution in [2.24, 2.45) is 5.73 Å². The second-order valence-electron chi connectivity index (χ2n) is 4.76. The fraction of sp³-hybridized carbons (Fsp3) is 0. The Morgan fingerprint density at radius 2 is 2.04 bits per heavy atom. The summed E-state index contributed by atoms with van der Waals surface area (Å²) in [5.41, 5.74) is 7.63. The molecule has 0 atom stereocenters. The zero-order chi connectivity index (χ0) is 17.5. The Bertz CT molecular complexity index is 828. The van der Waals surface area contributed by atoms with Gasteiger partial charge in [0.15, 0.2) is 11.5 Å².